The SMILES string of the molecule is O=C(n1ncnn1)n1ncnn1. The molecule has 0 atom stereocenters. The molecule has 0 aliphatic heterocycles. The third kappa shape index (κ3) is 0.923. The first-order valence-corrected chi connectivity index (χ1v) is 2.88. The number of rotatable bonds is 0. The molecule has 12 heavy (non-hydrogen) atoms. The Labute approximate surface area is 65.0 Å². The molecule has 0 aliphatic rings. The molecule has 2 heterocycles. The third-order valence-electron chi connectivity index (χ3n) is 1.04. The maximum absolute atomic E-state index is 11.2. The van der Waals surface area contributed by atoms with Crippen LogP contribution in [0.4, 0.5) is 4.79 Å². The van der Waals surface area contributed by atoms with Gasteiger partial charge in [-0.05, 0) is 10.4 Å². The zero-order valence-corrected chi connectivity index (χ0v) is 5.64. The van der Waals surface area contributed by atoms with Crippen molar-refractivity contribution in [2.24, 2.45) is 0 Å². The van der Waals surface area contributed by atoms with Gasteiger partial charge in [0.05, 0.1) is 0 Å². The van der Waals surface area contributed by atoms with E-state index in [-0.39, 0.29) is 0 Å². The van der Waals surface area contributed by atoms with E-state index in [4.69, 9.17) is 0 Å². The lowest BCUT2D eigenvalue weighted by atomic mass is 11.1. The fourth-order valence-corrected chi connectivity index (χ4v) is 0.590. The van der Waals surface area contributed by atoms with Crippen LogP contribution in [0.5, 0.6) is 0 Å². The Bertz CT molecular complexity index is 325. The second-order valence-electron chi connectivity index (χ2n) is 1.73. The van der Waals surface area contributed by atoms with Crippen molar-refractivity contribution in [3.63, 3.8) is 0 Å². The molecule has 0 radical (unpaired) electrons. The lowest BCUT2D eigenvalue weighted by Crippen LogP contribution is -2.24. The first-order valence-electron chi connectivity index (χ1n) is 2.88. The molecule has 0 fully saturated rings. The topological polar surface area (TPSA) is 104 Å². The van der Waals surface area contributed by atoms with Gasteiger partial charge in [-0.15, -0.1) is 20.4 Å². The van der Waals surface area contributed by atoms with Crippen LogP contribution in [-0.2, 0) is 0 Å². The molecule has 0 amide bonds. The van der Waals surface area contributed by atoms with Crippen molar-refractivity contribution in [2.75, 3.05) is 0 Å². The minimum atomic E-state index is -0.634. The predicted octanol–water partition coefficient (Wildman–Crippen LogP) is -1.82. The molecule has 9 heteroatoms. The molecule has 0 saturated heterocycles. The molecule has 9 nitrogen and oxygen atoms in total. The molecule has 0 bridgehead atoms. The van der Waals surface area contributed by atoms with Crippen LogP contribution < -0.4 is 0 Å². The van der Waals surface area contributed by atoms with Gasteiger partial charge in [-0.1, -0.05) is 9.59 Å². The number of carbonyl (C=O) groups is 1. The summed E-state index contributed by atoms with van der Waals surface area (Å²) < 4.78 is 0. The molecule has 0 unspecified atom stereocenters. The van der Waals surface area contributed by atoms with Crippen molar-refractivity contribution in [3.05, 3.63) is 12.7 Å². The monoisotopic (exact) mass is 166 g/mol. The van der Waals surface area contributed by atoms with Crippen molar-refractivity contribution in [1.82, 2.24) is 40.4 Å². The molecule has 60 valence electrons. The first-order chi connectivity index (χ1) is 5.88. The Morgan fingerprint density at radius 2 is 1.50 bits per heavy atom. The summed E-state index contributed by atoms with van der Waals surface area (Å²) in [5.41, 5.74) is 0. The highest BCUT2D eigenvalue weighted by molar-refractivity contribution is 5.74. The van der Waals surface area contributed by atoms with Crippen molar-refractivity contribution in [1.29, 1.82) is 0 Å². The van der Waals surface area contributed by atoms with Crippen LogP contribution in [0.15, 0.2) is 12.7 Å². The Balaban J connectivity index is 2.34. The highest BCUT2D eigenvalue weighted by Gasteiger charge is 2.10. The van der Waals surface area contributed by atoms with Gasteiger partial charge in [0.1, 0.15) is 0 Å². The average molecular weight is 166 g/mol. The summed E-state index contributed by atoms with van der Waals surface area (Å²) in [5.74, 6) is 0. The summed E-state index contributed by atoms with van der Waals surface area (Å²) >= 11 is 0. The second-order valence-corrected chi connectivity index (χ2v) is 1.73. The zero-order chi connectivity index (χ0) is 8.39. The van der Waals surface area contributed by atoms with Gasteiger partial charge < -0.3 is 0 Å². The summed E-state index contributed by atoms with van der Waals surface area (Å²) in [6, 6.07) is -0.634. The molecular weight excluding hydrogens is 164 g/mol. The van der Waals surface area contributed by atoms with Gasteiger partial charge >= 0.3 is 6.03 Å². The van der Waals surface area contributed by atoms with E-state index in [2.05, 4.69) is 30.8 Å². The lowest BCUT2D eigenvalue weighted by molar-refractivity contribution is 0.230. The summed E-state index contributed by atoms with van der Waals surface area (Å²) in [4.78, 5) is 12.7. The molecule has 0 N–H and O–H groups in total. The molecule has 2 aromatic rings. The van der Waals surface area contributed by atoms with Gasteiger partial charge in [0.2, 0.25) is 0 Å². The number of nitrogens with zero attached hydrogens (tertiary/aromatic N) is 8. The van der Waals surface area contributed by atoms with E-state index >= 15 is 0 Å². The fraction of sp³-hybridized carbons (Fsp3) is 0. The maximum Gasteiger partial charge on any atom is 0.406 e. The predicted molar refractivity (Wildman–Crippen MR) is 31.8 cm³/mol. The summed E-state index contributed by atoms with van der Waals surface area (Å²) in [5, 5.41) is 20.4. The largest absolute Gasteiger partial charge is 0.406 e. The van der Waals surface area contributed by atoms with E-state index in [0.717, 1.165) is 22.2 Å². The van der Waals surface area contributed by atoms with Crippen LogP contribution in [0.2, 0.25) is 0 Å². The number of carbonyl (C=O) groups excluding carboxylic acids is 1. The van der Waals surface area contributed by atoms with Crippen LogP contribution in [-0.4, -0.2) is 46.4 Å². The molecule has 2 aromatic heterocycles. The van der Waals surface area contributed by atoms with Crippen LogP contribution in [0.25, 0.3) is 0 Å². The van der Waals surface area contributed by atoms with Crippen LogP contribution in [0.1, 0.15) is 0 Å². The van der Waals surface area contributed by atoms with E-state index in [1.54, 1.807) is 0 Å². The minimum Gasteiger partial charge on any atom is -0.240 e. The standard InChI is InChI=1S/C3H2N8O/c12-3(10-6-1-4-8-10)11-7-2-5-9-11/h1-2H. The quantitative estimate of drug-likeness (QED) is 0.453. The minimum absolute atomic E-state index is 0.634. The maximum atomic E-state index is 11.2. The lowest BCUT2D eigenvalue weighted by Gasteiger charge is -1.91. The first kappa shape index (κ1) is 6.52. The van der Waals surface area contributed by atoms with Crippen molar-refractivity contribution < 1.29 is 4.79 Å². The van der Waals surface area contributed by atoms with Crippen LogP contribution in [0.3, 0.4) is 0 Å². The second kappa shape index (κ2) is 2.45. The van der Waals surface area contributed by atoms with E-state index in [1.807, 2.05) is 0 Å². The normalized spacial score (nSPS) is 10.0. The highest BCUT2D eigenvalue weighted by Crippen LogP contribution is 1.79. The number of aromatic nitrogens is 8. The Hall–Kier alpha value is -2.19. The number of hydrogen-bond donors (Lipinski definition) is 0. The van der Waals surface area contributed by atoms with E-state index in [1.165, 1.54) is 0 Å². The molecule has 2 rings (SSSR count). The number of hydrogen-bond acceptors (Lipinski definition) is 7. The third-order valence-corrected chi connectivity index (χ3v) is 1.04. The van der Waals surface area contributed by atoms with Gasteiger partial charge in [-0.2, -0.15) is 0 Å². The molecule has 0 spiro atoms. The van der Waals surface area contributed by atoms with E-state index < -0.39 is 6.03 Å². The van der Waals surface area contributed by atoms with Gasteiger partial charge in [-0.25, -0.2) is 4.79 Å². The highest BCUT2D eigenvalue weighted by atomic mass is 16.2. The molecule has 0 saturated carbocycles. The number of tetrazole rings is 2. The molecule has 0 aliphatic carbocycles. The zero-order valence-electron chi connectivity index (χ0n) is 5.64. The van der Waals surface area contributed by atoms with Crippen molar-refractivity contribution in [3.8, 4) is 0 Å². The van der Waals surface area contributed by atoms with Crippen molar-refractivity contribution >= 4 is 6.03 Å². The Morgan fingerprint density at radius 3 is 1.83 bits per heavy atom. The Kier molecular flexibility index (Phi) is 1.33. The fourth-order valence-electron chi connectivity index (χ4n) is 0.590. The van der Waals surface area contributed by atoms with Gasteiger partial charge in [0.25, 0.3) is 0 Å². The van der Waals surface area contributed by atoms with Gasteiger partial charge in [0.15, 0.2) is 12.7 Å². The molecule has 0 aromatic carbocycles. The van der Waals surface area contributed by atoms with E-state index in [0.29, 0.717) is 0 Å². The van der Waals surface area contributed by atoms with Crippen molar-refractivity contribution in [2.45, 2.75) is 0 Å². The smallest absolute Gasteiger partial charge is 0.240 e. The summed E-state index contributed by atoms with van der Waals surface area (Å²) in [6.07, 6.45) is 2.27. The van der Waals surface area contributed by atoms with Crippen LogP contribution >= 0.6 is 0 Å². The summed E-state index contributed by atoms with van der Waals surface area (Å²) in [7, 11) is 0. The Morgan fingerprint density at radius 1 is 1.00 bits per heavy atom. The van der Waals surface area contributed by atoms with E-state index in [9.17, 15) is 4.79 Å². The average Bonchev–Trinajstić information content (AvgIpc) is 2.77. The summed E-state index contributed by atoms with van der Waals surface area (Å²) in [6.45, 7) is 0. The van der Waals surface area contributed by atoms with Gasteiger partial charge in [-0.3, -0.25) is 0 Å². The van der Waals surface area contributed by atoms with Gasteiger partial charge in [0, 0.05) is 0 Å². The molecular formula is C3H2N8O. The van der Waals surface area contributed by atoms with Crippen LogP contribution in [0, 0.1) is 0 Å².